The summed E-state index contributed by atoms with van der Waals surface area (Å²) in [6.45, 7) is 0.634. The summed E-state index contributed by atoms with van der Waals surface area (Å²) in [6, 6.07) is 8.56. The van der Waals surface area contributed by atoms with E-state index in [2.05, 4.69) is 5.32 Å². The molecule has 1 amide bonds. The first-order valence-corrected chi connectivity index (χ1v) is 11.2. The lowest BCUT2D eigenvalue weighted by molar-refractivity contribution is -0.127. The van der Waals surface area contributed by atoms with Crippen LogP contribution in [0.5, 0.6) is 0 Å². The van der Waals surface area contributed by atoms with Crippen LogP contribution in [-0.2, 0) is 14.8 Å². The van der Waals surface area contributed by atoms with Crippen molar-refractivity contribution < 1.29 is 13.2 Å². The smallest absolute Gasteiger partial charge is 0.244 e. The van der Waals surface area contributed by atoms with E-state index in [1.54, 1.807) is 12.1 Å². The van der Waals surface area contributed by atoms with Crippen LogP contribution in [0.1, 0.15) is 44.1 Å². The number of carbonyl (C=O) groups is 1. The zero-order valence-corrected chi connectivity index (χ0v) is 16.1. The lowest BCUT2D eigenvalue weighted by Crippen LogP contribution is -2.46. The van der Waals surface area contributed by atoms with Crippen LogP contribution in [0, 0.1) is 29.1 Å². The van der Waals surface area contributed by atoms with Crippen molar-refractivity contribution in [1.82, 2.24) is 9.62 Å². The van der Waals surface area contributed by atoms with Gasteiger partial charge in [0.05, 0.1) is 10.5 Å². The van der Waals surface area contributed by atoms with Crippen LogP contribution in [0.25, 0.3) is 0 Å². The summed E-state index contributed by atoms with van der Waals surface area (Å²) in [5.74, 6) is 1.28. The molecule has 27 heavy (non-hydrogen) atoms. The summed E-state index contributed by atoms with van der Waals surface area (Å²) in [7, 11) is -3.70. The van der Waals surface area contributed by atoms with E-state index in [1.165, 1.54) is 42.1 Å². The minimum atomic E-state index is -3.70. The molecule has 1 aliphatic heterocycles. The van der Waals surface area contributed by atoms with Crippen molar-refractivity contribution in [2.45, 2.75) is 49.5 Å². The molecule has 7 heteroatoms. The van der Waals surface area contributed by atoms with Crippen LogP contribution >= 0.6 is 0 Å². The minimum absolute atomic E-state index is 0.0536. The van der Waals surface area contributed by atoms with Crippen molar-refractivity contribution in [3.8, 4) is 6.07 Å². The number of nitrogens with zero attached hydrogens (tertiary/aromatic N) is 2. The fourth-order valence-corrected chi connectivity index (χ4v) is 5.71. The molecule has 2 aliphatic carbocycles. The fraction of sp³-hybridized carbons (Fsp3) is 0.600. The highest BCUT2D eigenvalue weighted by atomic mass is 32.2. The predicted octanol–water partition coefficient (Wildman–Crippen LogP) is 2.26. The summed E-state index contributed by atoms with van der Waals surface area (Å²) in [5.41, 5.74) is 0.161. The van der Waals surface area contributed by atoms with Crippen molar-refractivity contribution in [3.05, 3.63) is 29.8 Å². The van der Waals surface area contributed by atoms with Gasteiger partial charge in [-0.2, -0.15) is 9.57 Å². The first-order chi connectivity index (χ1) is 13.0. The van der Waals surface area contributed by atoms with Gasteiger partial charge in [0.15, 0.2) is 0 Å². The van der Waals surface area contributed by atoms with Crippen molar-refractivity contribution in [1.29, 1.82) is 5.26 Å². The molecule has 0 aromatic heterocycles. The van der Waals surface area contributed by atoms with Crippen molar-refractivity contribution in [3.63, 3.8) is 0 Å². The molecule has 2 saturated carbocycles. The van der Waals surface area contributed by atoms with Crippen molar-refractivity contribution in [2.24, 2.45) is 17.8 Å². The molecule has 0 unspecified atom stereocenters. The number of nitrogens with one attached hydrogen (secondary N) is 1. The highest BCUT2D eigenvalue weighted by molar-refractivity contribution is 7.89. The Bertz CT molecular complexity index is 849. The van der Waals surface area contributed by atoms with E-state index >= 15 is 0 Å². The molecule has 1 aromatic rings. The zero-order chi connectivity index (χ0) is 19.0. The first-order valence-electron chi connectivity index (χ1n) is 9.80. The maximum atomic E-state index is 12.9. The van der Waals surface area contributed by atoms with Crippen LogP contribution in [0.3, 0.4) is 0 Å². The second-order valence-corrected chi connectivity index (χ2v) is 9.90. The van der Waals surface area contributed by atoms with Crippen LogP contribution in [0.4, 0.5) is 0 Å². The number of benzene rings is 1. The average Bonchev–Trinajstić information content (AvgIpc) is 3.59. The highest BCUT2D eigenvalue weighted by Crippen LogP contribution is 2.44. The Morgan fingerprint density at radius 3 is 2.22 bits per heavy atom. The van der Waals surface area contributed by atoms with Gasteiger partial charge >= 0.3 is 0 Å². The van der Waals surface area contributed by atoms with Crippen LogP contribution < -0.4 is 5.32 Å². The molecule has 144 valence electrons. The molecule has 3 aliphatic rings. The predicted molar refractivity (Wildman–Crippen MR) is 100 cm³/mol. The molecule has 0 atom stereocenters. The molecular weight excluding hydrogens is 362 g/mol. The first kappa shape index (κ1) is 18.5. The number of rotatable bonds is 6. The normalized spacial score (nSPS) is 21.8. The molecular formula is C20H25N3O3S. The van der Waals surface area contributed by atoms with Crippen LogP contribution in [0.15, 0.2) is 29.2 Å². The van der Waals surface area contributed by atoms with Gasteiger partial charge in [-0.1, -0.05) is 12.1 Å². The molecule has 3 fully saturated rings. The van der Waals surface area contributed by atoms with Gasteiger partial charge in [-0.05, 0) is 62.5 Å². The van der Waals surface area contributed by atoms with E-state index < -0.39 is 10.0 Å². The number of nitriles is 1. The van der Waals surface area contributed by atoms with Gasteiger partial charge in [0.25, 0.3) is 0 Å². The van der Waals surface area contributed by atoms with E-state index in [9.17, 15) is 18.5 Å². The van der Waals surface area contributed by atoms with Gasteiger partial charge in [-0.3, -0.25) is 4.79 Å². The summed E-state index contributed by atoms with van der Waals surface area (Å²) in [6.07, 6.45) is 5.93. The molecule has 1 aromatic carbocycles. The molecule has 6 nitrogen and oxygen atoms in total. The SMILES string of the molecule is N#Cc1ccccc1S(=O)(=O)N1CCC(C(=O)NC(C2CC2)C2CC2)CC1. The monoisotopic (exact) mass is 387 g/mol. The Morgan fingerprint density at radius 2 is 1.67 bits per heavy atom. The van der Waals surface area contributed by atoms with Gasteiger partial charge in [0.2, 0.25) is 15.9 Å². The number of hydrogen-bond acceptors (Lipinski definition) is 4. The highest BCUT2D eigenvalue weighted by Gasteiger charge is 2.43. The van der Waals surface area contributed by atoms with Gasteiger partial charge in [0, 0.05) is 25.0 Å². The Labute approximate surface area is 160 Å². The van der Waals surface area contributed by atoms with Crippen LogP contribution in [0.2, 0.25) is 0 Å². The largest absolute Gasteiger partial charge is 0.353 e. The maximum Gasteiger partial charge on any atom is 0.244 e. The zero-order valence-electron chi connectivity index (χ0n) is 15.3. The summed E-state index contributed by atoms with van der Waals surface area (Å²) < 4.78 is 27.2. The fourth-order valence-electron chi connectivity index (χ4n) is 4.09. The van der Waals surface area contributed by atoms with E-state index in [-0.39, 0.29) is 22.3 Å². The summed E-state index contributed by atoms with van der Waals surface area (Å²) >= 11 is 0. The van der Waals surface area contributed by atoms with E-state index in [1.807, 2.05) is 6.07 Å². The van der Waals surface area contributed by atoms with Gasteiger partial charge < -0.3 is 5.32 Å². The van der Waals surface area contributed by atoms with Gasteiger partial charge in [-0.25, -0.2) is 8.42 Å². The Hall–Kier alpha value is -1.91. The number of sulfonamides is 1. The van der Waals surface area contributed by atoms with Crippen molar-refractivity contribution in [2.75, 3.05) is 13.1 Å². The molecule has 0 bridgehead atoms. The average molecular weight is 388 g/mol. The second-order valence-electron chi connectivity index (χ2n) is 8.00. The number of carbonyl (C=O) groups excluding carboxylic acids is 1. The summed E-state index contributed by atoms with van der Waals surface area (Å²) in [4.78, 5) is 12.7. The van der Waals surface area contributed by atoms with E-state index in [4.69, 9.17) is 0 Å². The minimum Gasteiger partial charge on any atom is -0.353 e. The number of hydrogen-bond donors (Lipinski definition) is 1. The molecule has 4 rings (SSSR count). The molecule has 1 N–H and O–H groups in total. The Balaban J connectivity index is 1.38. The van der Waals surface area contributed by atoms with E-state index in [0.29, 0.717) is 43.8 Å². The molecule has 1 saturated heterocycles. The Kier molecular flexibility index (Phi) is 4.95. The Morgan fingerprint density at radius 1 is 1.07 bits per heavy atom. The third-order valence-electron chi connectivity index (χ3n) is 6.02. The van der Waals surface area contributed by atoms with E-state index in [0.717, 1.165) is 0 Å². The lowest BCUT2D eigenvalue weighted by atomic mass is 9.96. The number of piperidine rings is 1. The van der Waals surface area contributed by atoms with Gasteiger partial charge in [0.1, 0.15) is 6.07 Å². The quantitative estimate of drug-likeness (QED) is 0.811. The second kappa shape index (κ2) is 7.25. The third-order valence-corrected chi connectivity index (χ3v) is 7.98. The molecule has 0 radical (unpaired) electrons. The molecule has 1 heterocycles. The maximum absolute atomic E-state index is 12.9. The molecule has 0 spiro atoms. The summed E-state index contributed by atoms with van der Waals surface area (Å²) in [5, 5.41) is 12.5. The van der Waals surface area contributed by atoms with Gasteiger partial charge in [-0.15, -0.1) is 0 Å². The lowest BCUT2D eigenvalue weighted by Gasteiger charge is -2.31. The number of amides is 1. The topological polar surface area (TPSA) is 90.3 Å². The standard InChI is InChI=1S/C20H25N3O3S/c21-13-17-3-1-2-4-18(17)27(25,26)23-11-9-16(10-12-23)20(24)22-19(14-5-6-14)15-7-8-15/h1-4,14-16,19H,5-12H2,(H,22,24). The third kappa shape index (κ3) is 3.87. The van der Waals surface area contributed by atoms with Crippen LogP contribution in [-0.4, -0.2) is 37.8 Å². The van der Waals surface area contributed by atoms with Crippen molar-refractivity contribution >= 4 is 15.9 Å².